The number of benzene rings is 1. The average molecular weight is 314 g/mol. The molecule has 0 saturated carbocycles. The van der Waals surface area contributed by atoms with Gasteiger partial charge in [0.1, 0.15) is 12.4 Å². The van der Waals surface area contributed by atoms with Gasteiger partial charge in [-0.3, -0.25) is 0 Å². The molecular formula is C18H22N2O3. The molecule has 0 aliphatic heterocycles. The van der Waals surface area contributed by atoms with E-state index in [1.165, 1.54) is 6.08 Å². The minimum Gasteiger partial charge on any atom is -0.494 e. The summed E-state index contributed by atoms with van der Waals surface area (Å²) in [7, 11) is 0. The maximum atomic E-state index is 11.8. The van der Waals surface area contributed by atoms with Crippen LogP contribution in [0.25, 0.3) is 6.08 Å². The first kappa shape index (κ1) is 16.8. The molecule has 1 unspecified atom stereocenters. The number of carbonyl (C=O) groups excluding carboxylic acids is 1. The van der Waals surface area contributed by atoms with Crippen molar-refractivity contribution in [1.82, 2.24) is 0 Å². The van der Waals surface area contributed by atoms with Crippen LogP contribution in [0.1, 0.15) is 18.9 Å². The smallest absolute Gasteiger partial charge is 0.331 e. The maximum absolute atomic E-state index is 11.8. The number of ether oxygens (including phenoxy) is 2. The van der Waals surface area contributed by atoms with Crippen LogP contribution in [0.2, 0.25) is 0 Å². The van der Waals surface area contributed by atoms with E-state index < -0.39 is 5.97 Å². The van der Waals surface area contributed by atoms with Crippen molar-refractivity contribution in [1.29, 1.82) is 0 Å². The highest BCUT2D eigenvalue weighted by Crippen LogP contribution is 2.15. The zero-order chi connectivity index (χ0) is 16.7. The second kappa shape index (κ2) is 8.19. The van der Waals surface area contributed by atoms with Gasteiger partial charge in [0.05, 0.1) is 6.61 Å². The van der Waals surface area contributed by atoms with Gasteiger partial charge in [0.2, 0.25) is 0 Å². The molecule has 1 aromatic rings. The zero-order valence-electron chi connectivity index (χ0n) is 13.2. The third kappa shape index (κ3) is 5.64. The van der Waals surface area contributed by atoms with Crippen molar-refractivity contribution in [3.63, 3.8) is 0 Å². The van der Waals surface area contributed by atoms with E-state index in [1.54, 1.807) is 18.2 Å². The van der Waals surface area contributed by atoms with Crippen molar-refractivity contribution < 1.29 is 14.3 Å². The summed E-state index contributed by atoms with van der Waals surface area (Å²) in [6.45, 7) is 2.76. The molecule has 0 heterocycles. The van der Waals surface area contributed by atoms with Crippen LogP contribution in [0.4, 0.5) is 0 Å². The molecule has 0 bridgehead atoms. The molecule has 122 valence electrons. The van der Waals surface area contributed by atoms with Gasteiger partial charge in [0.25, 0.3) is 0 Å². The van der Waals surface area contributed by atoms with E-state index in [9.17, 15) is 4.79 Å². The van der Waals surface area contributed by atoms with Crippen LogP contribution >= 0.6 is 0 Å². The second-order valence-corrected chi connectivity index (χ2v) is 5.28. The molecule has 0 spiro atoms. The van der Waals surface area contributed by atoms with Crippen molar-refractivity contribution in [3.05, 3.63) is 59.3 Å². The molecule has 0 fully saturated rings. The van der Waals surface area contributed by atoms with Crippen LogP contribution in [0.5, 0.6) is 5.75 Å². The molecule has 5 nitrogen and oxygen atoms in total. The Morgan fingerprint density at radius 3 is 2.74 bits per heavy atom. The molecule has 2 rings (SSSR count). The zero-order valence-corrected chi connectivity index (χ0v) is 13.2. The number of rotatable bonds is 6. The van der Waals surface area contributed by atoms with Gasteiger partial charge in [-0.1, -0.05) is 12.1 Å². The molecule has 1 aliphatic rings. The maximum Gasteiger partial charge on any atom is 0.331 e. The summed E-state index contributed by atoms with van der Waals surface area (Å²) in [4.78, 5) is 11.8. The SMILES string of the molecule is CCOc1ccc(/C=C/C(=O)OCC2=CC(N)=CC(N)C2)cc1. The number of hydrogen-bond acceptors (Lipinski definition) is 5. The summed E-state index contributed by atoms with van der Waals surface area (Å²) in [6, 6.07) is 7.36. The Balaban J connectivity index is 1.83. The first-order valence-corrected chi connectivity index (χ1v) is 7.57. The van der Waals surface area contributed by atoms with Crippen LogP contribution in [-0.4, -0.2) is 25.2 Å². The lowest BCUT2D eigenvalue weighted by molar-refractivity contribution is -0.136. The van der Waals surface area contributed by atoms with Gasteiger partial charge in [0, 0.05) is 17.8 Å². The van der Waals surface area contributed by atoms with Crippen LogP contribution < -0.4 is 16.2 Å². The highest BCUT2D eigenvalue weighted by molar-refractivity contribution is 5.87. The predicted molar refractivity (Wildman–Crippen MR) is 90.5 cm³/mol. The van der Waals surface area contributed by atoms with Gasteiger partial charge in [-0.25, -0.2) is 4.79 Å². The summed E-state index contributed by atoms with van der Waals surface area (Å²) in [6.07, 6.45) is 7.34. The highest BCUT2D eigenvalue weighted by Gasteiger charge is 2.11. The van der Waals surface area contributed by atoms with Crippen LogP contribution in [0.15, 0.2) is 53.8 Å². The summed E-state index contributed by atoms with van der Waals surface area (Å²) < 4.78 is 10.6. The van der Waals surface area contributed by atoms with E-state index in [-0.39, 0.29) is 12.6 Å². The minimum absolute atomic E-state index is 0.118. The Bertz CT molecular complexity index is 630. The molecule has 0 radical (unpaired) electrons. The largest absolute Gasteiger partial charge is 0.494 e. The minimum atomic E-state index is -0.401. The topological polar surface area (TPSA) is 87.6 Å². The lowest BCUT2D eigenvalue weighted by Crippen LogP contribution is -2.24. The van der Waals surface area contributed by atoms with Crippen LogP contribution in [-0.2, 0) is 9.53 Å². The lowest BCUT2D eigenvalue weighted by atomic mass is 10.0. The molecule has 5 heteroatoms. The van der Waals surface area contributed by atoms with Gasteiger partial charge in [0.15, 0.2) is 0 Å². The predicted octanol–water partition coefficient (Wildman–Crippen LogP) is 2.14. The normalized spacial score (nSPS) is 17.6. The third-order valence-corrected chi connectivity index (χ3v) is 3.28. The Kier molecular flexibility index (Phi) is 6.00. The van der Waals surface area contributed by atoms with Crippen molar-refractivity contribution in [2.45, 2.75) is 19.4 Å². The number of esters is 1. The fourth-order valence-electron chi connectivity index (χ4n) is 2.27. The fraction of sp³-hybridized carbons (Fsp3) is 0.278. The Morgan fingerprint density at radius 1 is 1.35 bits per heavy atom. The lowest BCUT2D eigenvalue weighted by Gasteiger charge is -2.16. The monoisotopic (exact) mass is 314 g/mol. The molecule has 1 aromatic carbocycles. The van der Waals surface area contributed by atoms with Gasteiger partial charge in [-0.05, 0) is 54.8 Å². The number of hydrogen-bond donors (Lipinski definition) is 2. The molecule has 1 atom stereocenters. The van der Waals surface area contributed by atoms with E-state index in [0.29, 0.717) is 18.7 Å². The summed E-state index contributed by atoms with van der Waals surface area (Å²) in [5.41, 5.74) is 14.0. The molecular weight excluding hydrogens is 292 g/mol. The van der Waals surface area contributed by atoms with Gasteiger partial charge < -0.3 is 20.9 Å². The van der Waals surface area contributed by atoms with Crippen molar-refractivity contribution in [2.24, 2.45) is 11.5 Å². The van der Waals surface area contributed by atoms with Crippen molar-refractivity contribution in [2.75, 3.05) is 13.2 Å². The summed E-state index contributed by atoms with van der Waals surface area (Å²) in [5, 5.41) is 0. The second-order valence-electron chi connectivity index (χ2n) is 5.28. The first-order valence-electron chi connectivity index (χ1n) is 7.57. The molecule has 4 N–H and O–H groups in total. The standard InChI is InChI=1S/C18H22N2O3/c1-2-22-17-6-3-13(4-7-17)5-8-18(21)23-12-14-9-15(19)11-16(20)10-14/h3-9,11,16H,2,10,12,19-20H2,1H3/b8-5+. The highest BCUT2D eigenvalue weighted by atomic mass is 16.5. The third-order valence-electron chi connectivity index (χ3n) is 3.28. The van der Waals surface area contributed by atoms with E-state index in [4.69, 9.17) is 20.9 Å². The number of allylic oxidation sites excluding steroid dienone is 1. The number of nitrogens with two attached hydrogens (primary N) is 2. The Morgan fingerprint density at radius 2 is 2.09 bits per heavy atom. The average Bonchev–Trinajstić information content (AvgIpc) is 2.52. The molecule has 0 amide bonds. The van der Waals surface area contributed by atoms with E-state index in [1.807, 2.05) is 31.2 Å². The van der Waals surface area contributed by atoms with Crippen molar-refractivity contribution in [3.8, 4) is 5.75 Å². The molecule has 23 heavy (non-hydrogen) atoms. The Labute approximate surface area is 136 Å². The summed E-state index contributed by atoms with van der Waals surface area (Å²) in [5.74, 6) is 0.403. The van der Waals surface area contributed by atoms with Gasteiger partial charge in [-0.2, -0.15) is 0 Å². The van der Waals surface area contributed by atoms with E-state index in [2.05, 4.69) is 0 Å². The van der Waals surface area contributed by atoms with Crippen LogP contribution in [0.3, 0.4) is 0 Å². The Hall–Kier alpha value is -2.53. The fourth-order valence-corrected chi connectivity index (χ4v) is 2.27. The number of carbonyl (C=O) groups is 1. The van der Waals surface area contributed by atoms with E-state index in [0.717, 1.165) is 16.9 Å². The van der Waals surface area contributed by atoms with Gasteiger partial charge >= 0.3 is 5.97 Å². The van der Waals surface area contributed by atoms with Crippen LogP contribution in [0, 0.1) is 0 Å². The quantitative estimate of drug-likeness (QED) is 0.620. The van der Waals surface area contributed by atoms with Gasteiger partial charge in [-0.15, -0.1) is 0 Å². The first-order chi connectivity index (χ1) is 11.1. The van der Waals surface area contributed by atoms with E-state index >= 15 is 0 Å². The summed E-state index contributed by atoms with van der Waals surface area (Å²) >= 11 is 0. The molecule has 0 saturated heterocycles. The molecule has 1 aliphatic carbocycles. The molecule has 0 aromatic heterocycles. The van der Waals surface area contributed by atoms with Crippen molar-refractivity contribution >= 4 is 12.0 Å².